The van der Waals surface area contributed by atoms with E-state index in [0.717, 1.165) is 17.8 Å². The Kier molecular flexibility index (Phi) is 8.39. The van der Waals surface area contributed by atoms with Crippen LogP contribution >= 0.6 is 11.8 Å². The van der Waals surface area contributed by atoms with Crippen molar-refractivity contribution >= 4 is 33.2 Å². The lowest BCUT2D eigenvalue weighted by molar-refractivity contribution is -0.137. The van der Waals surface area contributed by atoms with E-state index < -0.39 is 38.5 Å². The second-order valence-corrected chi connectivity index (χ2v) is 10.6. The molecule has 1 N–H and O–H groups in total. The topological polar surface area (TPSA) is 93.9 Å². The van der Waals surface area contributed by atoms with Gasteiger partial charge in [-0.1, -0.05) is 55.1 Å². The fourth-order valence-electron chi connectivity index (χ4n) is 3.21. The van der Waals surface area contributed by atoms with Crippen LogP contribution < -0.4 is 5.32 Å². The first kappa shape index (κ1) is 26.5. The third kappa shape index (κ3) is 6.51. The summed E-state index contributed by atoms with van der Waals surface area (Å²) in [5.74, 6) is -0.893. The molecule has 0 aliphatic rings. The van der Waals surface area contributed by atoms with Gasteiger partial charge in [-0.2, -0.15) is 13.2 Å². The maximum Gasteiger partial charge on any atom is 0.418 e. The van der Waals surface area contributed by atoms with Gasteiger partial charge in [0.25, 0.3) is 0 Å². The molecule has 7 nitrogen and oxygen atoms in total. The Labute approximate surface area is 205 Å². The van der Waals surface area contributed by atoms with Crippen LogP contribution in [-0.4, -0.2) is 34.3 Å². The van der Waals surface area contributed by atoms with Crippen LogP contribution in [0.4, 0.5) is 18.9 Å². The van der Waals surface area contributed by atoms with Crippen LogP contribution in [0.3, 0.4) is 0 Å². The number of para-hydroxylation sites is 1. The number of carbonyl (C=O) groups excluding carboxylic acids is 1. The van der Waals surface area contributed by atoms with Crippen LogP contribution in [-0.2, 0) is 33.1 Å². The minimum atomic E-state index is -4.62. The van der Waals surface area contributed by atoms with E-state index in [9.17, 15) is 26.4 Å². The minimum Gasteiger partial charge on any atom is -0.325 e. The monoisotopic (exact) mass is 524 g/mol. The molecule has 1 amide bonds. The zero-order valence-electron chi connectivity index (χ0n) is 18.7. The number of anilines is 1. The first-order valence-electron chi connectivity index (χ1n) is 10.5. The predicted molar refractivity (Wildman–Crippen MR) is 128 cm³/mol. The Morgan fingerprint density at radius 1 is 1.14 bits per heavy atom. The number of allylic oxidation sites excluding steroid dienone is 1. The average molecular weight is 525 g/mol. The van der Waals surface area contributed by atoms with Crippen molar-refractivity contribution in [2.24, 2.45) is 0 Å². The number of hydrogen-bond donors (Lipinski definition) is 1. The SMILES string of the molecule is C=CCn1c(CS(=O)(=O)c2ccccc2)nnc1SC(CC)C(=O)Nc1ccccc1C(F)(F)F. The van der Waals surface area contributed by atoms with Gasteiger partial charge in [-0.05, 0) is 30.7 Å². The molecular weight excluding hydrogens is 501 g/mol. The van der Waals surface area contributed by atoms with E-state index in [4.69, 9.17) is 0 Å². The fourth-order valence-corrected chi connectivity index (χ4v) is 5.48. The van der Waals surface area contributed by atoms with E-state index in [-0.39, 0.29) is 34.5 Å². The van der Waals surface area contributed by atoms with Crippen LogP contribution in [0.1, 0.15) is 24.7 Å². The summed E-state index contributed by atoms with van der Waals surface area (Å²) in [7, 11) is -3.70. The van der Waals surface area contributed by atoms with Crippen LogP contribution in [0.15, 0.2) is 77.3 Å². The average Bonchev–Trinajstić information content (AvgIpc) is 3.18. The maximum absolute atomic E-state index is 13.3. The van der Waals surface area contributed by atoms with Gasteiger partial charge in [-0.25, -0.2) is 8.42 Å². The molecule has 0 fully saturated rings. The number of carbonyl (C=O) groups is 1. The molecule has 0 spiro atoms. The van der Waals surface area contributed by atoms with Crippen LogP contribution in [0.5, 0.6) is 0 Å². The van der Waals surface area contributed by atoms with Gasteiger partial charge in [-0.15, -0.1) is 16.8 Å². The summed E-state index contributed by atoms with van der Waals surface area (Å²) in [6.07, 6.45) is -2.81. The van der Waals surface area contributed by atoms with Gasteiger partial charge in [0.1, 0.15) is 11.6 Å². The lowest BCUT2D eigenvalue weighted by atomic mass is 10.1. The van der Waals surface area contributed by atoms with Crippen LogP contribution in [0.2, 0.25) is 0 Å². The molecule has 0 saturated heterocycles. The van der Waals surface area contributed by atoms with Gasteiger partial charge in [0.2, 0.25) is 5.91 Å². The lowest BCUT2D eigenvalue weighted by Crippen LogP contribution is -2.26. The zero-order valence-corrected chi connectivity index (χ0v) is 20.3. The van der Waals surface area contributed by atoms with Gasteiger partial charge in [0.15, 0.2) is 15.0 Å². The van der Waals surface area contributed by atoms with E-state index in [1.165, 1.54) is 41.0 Å². The second kappa shape index (κ2) is 11.1. The molecule has 3 rings (SSSR count). The summed E-state index contributed by atoms with van der Waals surface area (Å²) < 4.78 is 67.0. The van der Waals surface area contributed by atoms with E-state index in [1.807, 2.05) is 0 Å². The fraction of sp³-hybridized carbons (Fsp3) is 0.261. The highest BCUT2D eigenvalue weighted by Gasteiger charge is 2.34. The summed E-state index contributed by atoms with van der Waals surface area (Å²) in [6.45, 7) is 5.57. The Balaban J connectivity index is 1.83. The number of hydrogen-bond acceptors (Lipinski definition) is 6. The molecular formula is C23H23F3N4O3S2. The zero-order chi connectivity index (χ0) is 25.6. The second-order valence-electron chi connectivity index (χ2n) is 7.42. The third-order valence-corrected chi connectivity index (χ3v) is 7.90. The van der Waals surface area contributed by atoms with E-state index in [0.29, 0.717) is 0 Å². The number of amides is 1. The molecule has 0 saturated carbocycles. The Hall–Kier alpha value is -3.12. The van der Waals surface area contributed by atoms with E-state index >= 15 is 0 Å². The molecule has 0 radical (unpaired) electrons. The van der Waals surface area contributed by atoms with Crippen LogP contribution in [0.25, 0.3) is 0 Å². The molecule has 0 aliphatic carbocycles. The summed E-state index contributed by atoms with van der Waals surface area (Å²) in [4.78, 5) is 13.0. The van der Waals surface area contributed by atoms with Gasteiger partial charge < -0.3 is 9.88 Å². The number of aromatic nitrogens is 3. The lowest BCUT2D eigenvalue weighted by Gasteiger charge is -2.18. The third-order valence-electron chi connectivity index (χ3n) is 4.93. The van der Waals surface area contributed by atoms with Crippen LogP contribution in [0, 0.1) is 0 Å². The summed E-state index contributed by atoms with van der Waals surface area (Å²) >= 11 is 0.992. The van der Waals surface area contributed by atoms with Gasteiger partial charge >= 0.3 is 6.18 Å². The highest BCUT2D eigenvalue weighted by molar-refractivity contribution is 8.00. The Morgan fingerprint density at radius 2 is 1.80 bits per heavy atom. The highest BCUT2D eigenvalue weighted by Crippen LogP contribution is 2.35. The first-order chi connectivity index (χ1) is 16.6. The molecule has 12 heteroatoms. The number of nitrogens with one attached hydrogen (secondary N) is 1. The summed E-state index contributed by atoms with van der Waals surface area (Å²) in [6, 6.07) is 12.6. The summed E-state index contributed by atoms with van der Waals surface area (Å²) in [5.41, 5.74) is -1.29. The maximum atomic E-state index is 13.3. The standard InChI is InChI=1S/C23H23F3N4O3S2/c1-3-14-30-20(15-35(32,33)16-10-6-5-7-11-16)28-29-22(30)34-19(4-2)21(31)27-18-13-9-8-12-17(18)23(24,25)26/h3,5-13,19H,1,4,14-15H2,2H3,(H,27,31). The molecule has 2 aromatic carbocycles. The number of sulfone groups is 1. The molecule has 1 aromatic heterocycles. The van der Waals surface area contributed by atoms with Gasteiger partial charge in [0.05, 0.1) is 21.4 Å². The van der Waals surface area contributed by atoms with Crippen molar-refractivity contribution in [2.45, 2.75) is 47.1 Å². The normalized spacial score (nSPS) is 12.8. The molecule has 1 unspecified atom stereocenters. The number of halogens is 3. The number of nitrogens with zero attached hydrogens (tertiary/aromatic N) is 3. The van der Waals surface area contributed by atoms with Gasteiger partial charge in [-0.3, -0.25) is 4.79 Å². The molecule has 186 valence electrons. The number of alkyl halides is 3. The Morgan fingerprint density at radius 3 is 2.43 bits per heavy atom. The smallest absolute Gasteiger partial charge is 0.325 e. The van der Waals surface area contributed by atoms with Crippen molar-refractivity contribution in [1.82, 2.24) is 14.8 Å². The van der Waals surface area contributed by atoms with Crippen molar-refractivity contribution < 1.29 is 26.4 Å². The Bertz CT molecular complexity index is 1290. The molecule has 0 bridgehead atoms. The number of rotatable bonds is 10. The molecule has 35 heavy (non-hydrogen) atoms. The molecule has 3 aromatic rings. The van der Waals surface area contributed by atoms with Crippen molar-refractivity contribution in [1.29, 1.82) is 0 Å². The van der Waals surface area contributed by atoms with Crippen molar-refractivity contribution in [2.75, 3.05) is 5.32 Å². The van der Waals surface area contributed by atoms with Crippen molar-refractivity contribution in [3.05, 3.63) is 78.6 Å². The van der Waals surface area contributed by atoms with Gasteiger partial charge in [0, 0.05) is 6.54 Å². The first-order valence-corrected chi connectivity index (χ1v) is 13.0. The van der Waals surface area contributed by atoms with Crippen molar-refractivity contribution in [3.8, 4) is 0 Å². The molecule has 0 aliphatic heterocycles. The minimum absolute atomic E-state index is 0.136. The van der Waals surface area contributed by atoms with E-state index in [2.05, 4.69) is 22.1 Å². The number of benzene rings is 2. The molecule has 1 atom stereocenters. The van der Waals surface area contributed by atoms with Crippen molar-refractivity contribution in [3.63, 3.8) is 0 Å². The van der Waals surface area contributed by atoms with E-state index in [1.54, 1.807) is 25.1 Å². The quantitative estimate of drug-likeness (QED) is 0.297. The largest absolute Gasteiger partial charge is 0.418 e. The summed E-state index contributed by atoms with van der Waals surface area (Å²) in [5, 5.41) is 9.87. The highest BCUT2D eigenvalue weighted by atomic mass is 32.2. The predicted octanol–water partition coefficient (Wildman–Crippen LogP) is 4.97. The molecule has 1 heterocycles. The number of thioether (sulfide) groups is 1.